The van der Waals surface area contributed by atoms with Gasteiger partial charge in [-0.1, -0.05) is 65.5 Å². The van der Waals surface area contributed by atoms with E-state index in [9.17, 15) is 4.79 Å². The van der Waals surface area contributed by atoms with Crippen LogP contribution < -0.4 is 14.2 Å². The zero-order valence-corrected chi connectivity index (χ0v) is 27.4. The summed E-state index contributed by atoms with van der Waals surface area (Å²) in [6, 6.07) is 11.7. The number of rotatable bonds is 13. The van der Waals surface area contributed by atoms with Crippen molar-refractivity contribution < 1.29 is 19.0 Å². The Balaban J connectivity index is 1.39. The van der Waals surface area contributed by atoms with Gasteiger partial charge in [-0.2, -0.15) is 15.1 Å². The third-order valence-electron chi connectivity index (χ3n) is 6.87. The van der Waals surface area contributed by atoms with E-state index in [1.165, 1.54) is 41.6 Å². The molecule has 8 nitrogen and oxygen atoms in total. The number of carbonyl (C=O) groups excluding carboxylic acids is 1. The van der Waals surface area contributed by atoms with Crippen molar-refractivity contribution >= 4 is 55.7 Å². The molecule has 2 aromatic rings. The number of fused-ring (bicyclic) bond motifs is 1. The number of amidine groups is 2. The molecule has 4 rings (SSSR count). The van der Waals surface area contributed by atoms with Gasteiger partial charge in [-0.25, -0.2) is 0 Å². The summed E-state index contributed by atoms with van der Waals surface area (Å²) in [5, 5.41) is 16.1. The number of nitrogens with zero attached hydrogens (tertiary/aromatic N) is 3. The lowest BCUT2D eigenvalue weighted by molar-refractivity contribution is -0.114. The summed E-state index contributed by atoms with van der Waals surface area (Å²) in [4.78, 5) is 17.1. The monoisotopic (exact) mass is 654 g/mol. The highest BCUT2D eigenvalue weighted by Crippen LogP contribution is 2.38. The van der Waals surface area contributed by atoms with Gasteiger partial charge in [0.25, 0.3) is 5.91 Å². The molecule has 0 radical (unpaired) electrons. The van der Waals surface area contributed by atoms with E-state index in [1.807, 2.05) is 18.2 Å². The van der Waals surface area contributed by atoms with Gasteiger partial charge in [0.2, 0.25) is 5.17 Å². The summed E-state index contributed by atoms with van der Waals surface area (Å²) < 4.78 is 18.1. The van der Waals surface area contributed by atoms with Crippen molar-refractivity contribution in [1.29, 1.82) is 5.41 Å². The van der Waals surface area contributed by atoms with Crippen LogP contribution in [-0.2, 0) is 10.2 Å². The summed E-state index contributed by atoms with van der Waals surface area (Å²) in [6.45, 7) is 9.40. The van der Waals surface area contributed by atoms with Crippen LogP contribution in [-0.4, -0.2) is 47.3 Å². The Morgan fingerprint density at radius 2 is 1.76 bits per heavy atom. The zero-order valence-electron chi connectivity index (χ0n) is 25.0. The van der Waals surface area contributed by atoms with Crippen molar-refractivity contribution in [3.63, 3.8) is 0 Å². The number of nitrogens with one attached hydrogen (secondary N) is 1. The Morgan fingerprint density at radius 1 is 1.05 bits per heavy atom. The number of amides is 1. The SMILES string of the molecule is CCCCCCCC1=NN2C(=N)C(=Cc3cc(Br)c(OCCOc4ccc(C(C)(C)C)cc4)c(OC)c3)C(=O)N=C2S1. The summed E-state index contributed by atoms with van der Waals surface area (Å²) in [6.07, 6.45) is 8.30. The molecule has 2 aliphatic heterocycles. The van der Waals surface area contributed by atoms with E-state index in [0.29, 0.717) is 39.9 Å². The largest absolute Gasteiger partial charge is 0.493 e. The molecule has 0 aromatic heterocycles. The molecule has 2 heterocycles. The van der Waals surface area contributed by atoms with Gasteiger partial charge in [0.05, 0.1) is 17.2 Å². The molecule has 0 atom stereocenters. The maximum Gasteiger partial charge on any atom is 0.283 e. The first-order valence-electron chi connectivity index (χ1n) is 14.3. The van der Waals surface area contributed by atoms with Gasteiger partial charge in [-0.3, -0.25) is 10.2 Å². The molecule has 10 heteroatoms. The Morgan fingerprint density at radius 3 is 2.45 bits per heavy atom. The molecule has 0 bridgehead atoms. The van der Waals surface area contributed by atoms with Crippen molar-refractivity contribution in [2.75, 3.05) is 20.3 Å². The first kappa shape index (κ1) is 31.8. The van der Waals surface area contributed by atoms with Crippen LogP contribution in [0.2, 0.25) is 0 Å². The first-order valence-corrected chi connectivity index (χ1v) is 15.9. The molecular weight excluding hydrogens is 616 g/mol. The second kappa shape index (κ2) is 14.4. The van der Waals surface area contributed by atoms with Gasteiger partial charge in [-0.15, -0.1) is 0 Å². The third-order valence-corrected chi connectivity index (χ3v) is 8.43. The van der Waals surface area contributed by atoms with Gasteiger partial charge in [-0.05, 0) is 87.4 Å². The fourth-order valence-electron chi connectivity index (χ4n) is 4.50. The summed E-state index contributed by atoms with van der Waals surface area (Å²) in [7, 11) is 1.56. The number of hydrogen-bond donors (Lipinski definition) is 1. The highest BCUT2D eigenvalue weighted by Gasteiger charge is 2.35. The number of carbonyl (C=O) groups is 1. The van der Waals surface area contributed by atoms with Crippen LogP contribution in [0.4, 0.5) is 0 Å². The number of benzene rings is 2. The van der Waals surface area contributed by atoms with Gasteiger partial charge in [0.15, 0.2) is 17.3 Å². The number of methoxy groups -OCH3 is 1. The molecule has 0 saturated carbocycles. The highest BCUT2D eigenvalue weighted by atomic mass is 79.9. The predicted molar refractivity (Wildman–Crippen MR) is 175 cm³/mol. The van der Waals surface area contributed by atoms with Crippen LogP contribution in [0.5, 0.6) is 17.2 Å². The van der Waals surface area contributed by atoms with Crippen molar-refractivity contribution in [3.8, 4) is 17.2 Å². The van der Waals surface area contributed by atoms with Crippen molar-refractivity contribution in [3.05, 3.63) is 57.6 Å². The summed E-state index contributed by atoms with van der Waals surface area (Å²) in [5.74, 6) is 1.36. The lowest BCUT2D eigenvalue weighted by Gasteiger charge is -2.20. The number of unbranched alkanes of at least 4 members (excludes halogenated alkanes) is 4. The molecule has 0 unspecified atom stereocenters. The minimum absolute atomic E-state index is 0.0154. The Kier molecular flexibility index (Phi) is 10.9. The van der Waals surface area contributed by atoms with Crippen molar-refractivity contribution in [2.45, 2.75) is 71.6 Å². The Labute approximate surface area is 261 Å². The molecule has 224 valence electrons. The van der Waals surface area contributed by atoms with E-state index in [1.54, 1.807) is 19.3 Å². The lowest BCUT2D eigenvalue weighted by Crippen LogP contribution is -2.35. The van der Waals surface area contributed by atoms with Gasteiger partial charge < -0.3 is 14.2 Å². The number of aliphatic imine (C=N–C) groups is 1. The minimum Gasteiger partial charge on any atom is -0.493 e. The molecule has 0 saturated heterocycles. The maximum absolute atomic E-state index is 12.9. The molecule has 1 N–H and O–H groups in total. The molecule has 1 amide bonds. The second-order valence-corrected chi connectivity index (χ2v) is 13.1. The number of hydrogen-bond acceptors (Lipinski definition) is 7. The fourth-order valence-corrected chi connectivity index (χ4v) is 6.00. The molecule has 0 spiro atoms. The molecular formula is C32H39BrN4O4S. The fraction of sp³-hybridized carbons (Fsp3) is 0.438. The molecule has 2 aromatic carbocycles. The van der Waals surface area contributed by atoms with Crippen LogP contribution in [0.3, 0.4) is 0 Å². The van der Waals surface area contributed by atoms with E-state index in [4.69, 9.17) is 19.6 Å². The van der Waals surface area contributed by atoms with Crippen LogP contribution in [0.1, 0.15) is 77.3 Å². The third kappa shape index (κ3) is 8.04. The Hall–Kier alpha value is -3.11. The van der Waals surface area contributed by atoms with Crippen LogP contribution >= 0.6 is 27.7 Å². The quantitative estimate of drug-likeness (QED) is 0.173. The van der Waals surface area contributed by atoms with Crippen molar-refractivity contribution in [2.24, 2.45) is 10.1 Å². The van der Waals surface area contributed by atoms with Crippen molar-refractivity contribution in [1.82, 2.24) is 5.01 Å². The van der Waals surface area contributed by atoms with Crippen LogP contribution in [0.15, 0.2) is 56.5 Å². The molecule has 2 aliphatic rings. The topological polar surface area (TPSA) is 96.6 Å². The number of hydrazone groups is 1. The average Bonchev–Trinajstić information content (AvgIpc) is 3.36. The summed E-state index contributed by atoms with van der Waals surface area (Å²) in [5.41, 5.74) is 2.17. The van der Waals surface area contributed by atoms with Crippen LogP contribution in [0, 0.1) is 5.41 Å². The van der Waals surface area contributed by atoms with E-state index >= 15 is 0 Å². The minimum atomic E-state index is -0.457. The number of ether oxygens (including phenoxy) is 3. The van der Waals surface area contributed by atoms with Gasteiger partial charge >= 0.3 is 0 Å². The standard InChI is InChI=1S/C32H39BrN4O4S/c1-6-7-8-9-10-11-27-36-37-29(34)24(30(38)35-31(37)42-27)18-21-19-25(33)28(26(20-21)39-5)41-17-16-40-23-14-12-22(13-15-23)32(2,3)4/h12-15,18-20,34H,6-11,16-17H2,1-5H3. The number of thioether (sulfide) groups is 1. The normalized spacial score (nSPS) is 16.0. The molecule has 0 fully saturated rings. The predicted octanol–water partition coefficient (Wildman–Crippen LogP) is 8.19. The molecule has 42 heavy (non-hydrogen) atoms. The zero-order chi connectivity index (χ0) is 30.3. The van der Waals surface area contributed by atoms with E-state index in [0.717, 1.165) is 30.1 Å². The van der Waals surface area contributed by atoms with Gasteiger partial charge in [0.1, 0.15) is 24.0 Å². The lowest BCUT2D eigenvalue weighted by atomic mass is 9.87. The maximum atomic E-state index is 12.9. The smallest absolute Gasteiger partial charge is 0.283 e. The number of halogens is 1. The van der Waals surface area contributed by atoms with E-state index < -0.39 is 5.91 Å². The average molecular weight is 656 g/mol. The molecule has 0 aliphatic carbocycles. The highest BCUT2D eigenvalue weighted by molar-refractivity contribution is 9.10. The Bertz CT molecular complexity index is 1400. The van der Waals surface area contributed by atoms with Gasteiger partial charge in [0, 0.05) is 0 Å². The first-order chi connectivity index (χ1) is 20.1. The van der Waals surface area contributed by atoms with E-state index in [-0.39, 0.29) is 16.8 Å². The summed E-state index contributed by atoms with van der Waals surface area (Å²) >= 11 is 4.95. The second-order valence-electron chi connectivity index (χ2n) is 11.2. The van der Waals surface area contributed by atoms with Crippen LogP contribution in [0.25, 0.3) is 6.08 Å². The van der Waals surface area contributed by atoms with E-state index in [2.05, 4.69) is 65.9 Å².